The number of benzene rings is 2. The summed E-state index contributed by atoms with van der Waals surface area (Å²) in [5.41, 5.74) is 2.03. The van der Waals surface area contributed by atoms with Gasteiger partial charge in [-0.1, -0.05) is 57.9 Å². The molecule has 3 nitrogen and oxygen atoms in total. The predicted molar refractivity (Wildman–Crippen MR) is 94.9 cm³/mol. The average Bonchev–Trinajstić information content (AvgIpc) is 2.49. The van der Waals surface area contributed by atoms with E-state index in [1.54, 1.807) is 6.20 Å². The van der Waals surface area contributed by atoms with E-state index in [0.29, 0.717) is 13.0 Å². The van der Waals surface area contributed by atoms with Gasteiger partial charge in [-0.15, -0.1) is 0 Å². The van der Waals surface area contributed by atoms with Gasteiger partial charge in [0.2, 0.25) is 0 Å². The number of nitrogens with one attached hydrogen (secondary N) is 2. The summed E-state index contributed by atoms with van der Waals surface area (Å²) in [6, 6.07) is 15.2. The summed E-state index contributed by atoms with van der Waals surface area (Å²) in [6.45, 7) is 0.528. The molecule has 2 N–H and O–H groups in total. The van der Waals surface area contributed by atoms with Crippen LogP contribution in [-0.4, -0.2) is 12.6 Å². The van der Waals surface area contributed by atoms with Crippen LogP contribution in [-0.2, 0) is 6.42 Å². The van der Waals surface area contributed by atoms with Gasteiger partial charge in [-0.05, 0) is 41.8 Å². The van der Waals surface area contributed by atoms with Crippen molar-refractivity contribution in [2.75, 3.05) is 6.54 Å². The van der Waals surface area contributed by atoms with Crippen LogP contribution in [0, 0.1) is 0 Å². The first kappa shape index (κ1) is 16.6. The molecule has 0 heterocycles. The Kier molecular flexibility index (Phi) is 6.49. The molecular weight excluding hydrogens is 364 g/mol. The van der Waals surface area contributed by atoms with Crippen molar-refractivity contribution in [2.24, 2.45) is 0 Å². The van der Waals surface area contributed by atoms with Crippen molar-refractivity contribution in [3.63, 3.8) is 0 Å². The molecule has 22 heavy (non-hydrogen) atoms. The highest BCUT2D eigenvalue weighted by atomic mass is 79.9. The Morgan fingerprint density at radius 3 is 2.77 bits per heavy atom. The van der Waals surface area contributed by atoms with Crippen molar-refractivity contribution in [1.82, 2.24) is 10.6 Å². The van der Waals surface area contributed by atoms with Gasteiger partial charge in [0.05, 0.1) is 0 Å². The number of carbonyl (C=O) groups excluding carboxylic acids is 1. The maximum Gasteiger partial charge on any atom is 0.318 e. The van der Waals surface area contributed by atoms with Gasteiger partial charge in [0.25, 0.3) is 0 Å². The van der Waals surface area contributed by atoms with Gasteiger partial charge in [0.1, 0.15) is 0 Å². The first-order chi connectivity index (χ1) is 10.6. The molecule has 5 heteroatoms. The molecule has 0 aliphatic rings. The van der Waals surface area contributed by atoms with Crippen LogP contribution in [0.15, 0.2) is 59.2 Å². The van der Waals surface area contributed by atoms with E-state index in [-0.39, 0.29) is 6.03 Å². The van der Waals surface area contributed by atoms with Crippen LogP contribution < -0.4 is 10.6 Å². The fourth-order valence-electron chi connectivity index (χ4n) is 1.89. The van der Waals surface area contributed by atoms with Crippen molar-refractivity contribution in [1.29, 1.82) is 0 Å². The van der Waals surface area contributed by atoms with Gasteiger partial charge < -0.3 is 10.6 Å². The number of rotatable bonds is 5. The summed E-state index contributed by atoms with van der Waals surface area (Å²) in [7, 11) is 0. The molecule has 114 valence electrons. The maximum atomic E-state index is 11.7. The van der Waals surface area contributed by atoms with Crippen molar-refractivity contribution in [2.45, 2.75) is 6.42 Å². The van der Waals surface area contributed by atoms with Crippen LogP contribution in [0.1, 0.15) is 11.1 Å². The Balaban J connectivity index is 1.73. The lowest BCUT2D eigenvalue weighted by atomic mass is 10.1. The number of halogens is 2. The first-order valence-electron chi connectivity index (χ1n) is 6.85. The second-order valence-corrected chi connectivity index (χ2v) is 5.95. The highest BCUT2D eigenvalue weighted by Gasteiger charge is 2.00. The zero-order chi connectivity index (χ0) is 15.8. The van der Waals surface area contributed by atoms with Crippen molar-refractivity contribution < 1.29 is 4.79 Å². The summed E-state index contributed by atoms with van der Waals surface area (Å²) < 4.78 is 0.999. The molecule has 2 rings (SSSR count). The molecule has 0 fully saturated rings. The molecular formula is C17H16BrClN2O. The SMILES string of the molecule is O=C(N/C=C/c1cccc(Br)c1)NCCc1ccccc1Cl. The smallest absolute Gasteiger partial charge is 0.318 e. The Labute approximate surface area is 143 Å². The van der Waals surface area contributed by atoms with Crippen LogP contribution >= 0.6 is 27.5 Å². The molecule has 0 saturated carbocycles. The number of carbonyl (C=O) groups is 1. The van der Waals surface area contributed by atoms with E-state index in [1.807, 2.05) is 54.6 Å². The van der Waals surface area contributed by atoms with Crippen LogP contribution in [0.4, 0.5) is 4.79 Å². The second kappa shape index (κ2) is 8.61. The van der Waals surface area contributed by atoms with Gasteiger partial charge in [-0.25, -0.2) is 4.79 Å². The monoisotopic (exact) mass is 378 g/mol. The highest BCUT2D eigenvalue weighted by molar-refractivity contribution is 9.10. The van der Waals surface area contributed by atoms with Gasteiger partial charge in [0, 0.05) is 22.2 Å². The summed E-state index contributed by atoms with van der Waals surface area (Å²) in [6.07, 6.45) is 4.15. The minimum absolute atomic E-state index is 0.238. The summed E-state index contributed by atoms with van der Waals surface area (Å²) >= 11 is 9.46. The Hall–Kier alpha value is -1.78. The van der Waals surface area contributed by atoms with Crippen molar-refractivity contribution in [3.05, 3.63) is 75.4 Å². The lowest BCUT2D eigenvalue weighted by molar-refractivity contribution is 0.244. The Morgan fingerprint density at radius 1 is 1.18 bits per heavy atom. The highest BCUT2D eigenvalue weighted by Crippen LogP contribution is 2.14. The molecule has 2 aromatic carbocycles. The van der Waals surface area contributed by atoms with E-state index < -0.39 is 0 Å². The quantitative estimate of drug-likeness (QED) is 0.782. The van der Waals surface area contributed by atoms with Crippen LogP contribution in [0.2, 0.25) is 5.02 Å². The lowest BCUT2D eigenvalue weighted by Gasteiger charge is -2.06. The van der Waals surface area contributed by atoms with Gasteiger partial charge in [-0.2, -0.15) is 0 Å². The minimum Gasteiger partial charge on any atom is -0.338 e. The summed E-state index contributed by atoms with van der Waals surface area (Å²) in [4.78, 5) is 11.7. The molecule has 0 saturated heterocycles. The molecule has 2 aromatic rings. The zero-order valence-corrected chi connectivity index (χ0v) is 14.2. The van der Waals surface area contributed by atoms with Crippen LogP contribution in [0.3, 0.4) is 0 Å². The van der Waals surface area contributed by atoms with Crippen molar-refractivity contribution >= 4 is 39.6 Å². The van der Waals surface area contributed by atoms with E-state index in [0.717, 1.165) is 20.6 Å². The van der Waals surface area contributed by atoms with Gasteiger partial charge in [-0.3, -0.25) is 0 Å². The van der Waals surface area contributed by atoms with E-state index in [2.05, 4.69) is 26.6 Å². The normalized spacial score (nSPS) is 10.6. The molecule has 0 unspecified atom stereocenters. The Bertz CT molecular complexity index is 673. The molecule has 0 aliphatic heterocycles. The number of amides is 2. The van der Waals surface area contributed by atoms with Crippen LogP contribution in [0.25, 0.3) is 6.08 Å². The average molecular weight is 380 g/mol. The van der Waals surface area contributed by atoms with E-state index in [9.17, 15) is 4.79 Å². The first-order valence-corrected chi connectivity index (χ1v) is 8.02. The minimum atomic E-state index is -0.238. The van der Waals surface area contributed by atoms with E-state index >= 15 is 0 Å². The van der Waals surface area contributed by atoms with Crippen LogP contribution in [0.5, 0.6) is 0 Å². The third kappa shape index (κ3) is 5.54. The second-order valence-electron chi connectivity index (χ2n) is 4.63. The third-order valence-electron chi connectivity index (χ3n) is 2.98. The molecule has 2 amide bonds. The largest absolute Gasteiger partial charge is 0.338 e. The molecule has 0 aliphatic carbocycles. The lowest BCUT2D eigenvalue weighted by Crippen LogP contribution is -2.33. The van der Waals surface area contributed by atoms with E-state index in [1.165, 1.54) is 0 Å². The maximum absolute atomic E-state index is 11.7. The standard InChI is InChI=1S/C17H16BrClN2O/c18-15-6-3-4-13(12-15)8-10-20-17(22)21-11-9-14-5-1-2-7-16(14)19/h1-8,10,12H,9,11H2,(H2,20,21,22)/b10-8+. The van der Waals surface area contributed by atoms with Gasteiger partial charge >= 0.3 is 6.03 Å². The Morgan fingerprint density at radius 2 is 2.00 bits per heavy atom. The fourth-order valence-corrected chi connectivity index (χ4v) is 2.53. The van der Waals surface area contributed by atoms with Crippen molar-refractivity contribution in [3.8, 4) is 0 Å². The van der Waals surface area contributed by atoms with E-state index in [4.69, 9.17) is 11.6 Å². The number of hydrogen-bond donors (Lipinski definition) is 2. The molecule has 0 radical (unpaired) electrons. The number of urea groups is 1. The fraction of sp³-hybridized carbons (Fsp3) is 0.118. The molecule has 0 spiro atoms. The van der Waals surface area contributed by atoms with Gasteiger partial charge in [0.15, 0.2) is 0 Å². The zero-order valence-electron chi connectivity index (χ0n) is 11.9. The topological polar surface area (TPSA) is 41.1 Å². The molecule has 0 atom stereocenters. The molecule has 0 bridgehead atoms. The summed E-state index contributed by atoms with van der Waals surface area (Å²) in [5, 5.41) is 6.18. The third-order valence-corrected chi connectivity index (χ3v) is 3.84. The number of hydrogen-bond acceptors (Lipinski definition) is 1. The summed E-state index contributed by atoms with van der Waals surface area (Å²) in [5.74, 6) is 0. The molecule has 0 aromatic heterocycles. The predicted octanol–water partition coefficient (Wildman–Crippen LogP) is 4.62.